The van der Waals surface area contributed by atoms with Crippen molar-refractivity contribution in [2.45, 2.75) is 18.7 Å². The Morgan fingerprint density at radius 3 is 2.65 bits per heavy atom. The van der Waals surface area contributed by atoms with Crippen LogP contribution in [0.25, 0.3) is 0 Å². The van der Waals surface area contributed by atoms with E-state index in [1.54, 1.807) is 7.05 Å². The van der Waals surface area contributed by atoms with Gasteiger partial charge in [-0.25, -0.2) is 0 Å². The van der Waals surface area contributed by atoms with Crippen LogP contribution in [-0.4, -0.2) is 36.9 Å². The summed E-state index contributed by atoms with van der Waals surface area (Å²) in [6, 6.07) is 7.40. The predicted octanol–water partition coefficient (Wildman–Crippen LogP) is 2.02. The number of hydrogen-bond donors (Lipinski definition) is 1. The summed E-state index contributed by atoms with van der Waals surface area (Å²) in [5.41, 5.74) is 1.61. The number of likely N-dealkylation sites (tertiary alicyclic amines) is 1. The molecule has 0 spiro atoms. The quantitative estimate of drug-likeness (QED) is 0.867. The summed E-state index contributed by atoms with van der Waals surface area (Å²) in [6.07, 6.45) is 1.45. The zero-order valence-electron chi connectivity index (χ0n) is 11.6. The molecule has 1 fully saturated rings. The molecule has 2 amide bonds. The van der Waals surface area contributed by atoms with E-state index in [0.717, 1.165) is 18.4 Å². The summed E-state index contributed by atoms with van der Waals surface area (Å²) < 4.78 is 0. The van der Waals surface area contributed by atoms with Crippen LogP contribution in [0.2, 0.25) is 0 Å². The standard InChI is InChI=1S/C15H19ClN2O2/c1-17-14(19)12-5-7-18(8-6-12)15(20)13-4-2-3-11(9-13)10-16/h2-4,9,12H,5-8,10H2,1H3,(H,17,19). The summed E-state index contributed by atoms with van der Waals surface area (Å²) in [6.45, 7) is 1.25. The molecule has 0 atom stereocenters. The van der Waals surface area contributed by atoms with E-state index in [2.05, 4.69) is 5.32 Å². The van der Waals surface area contributed by atoms with Crippen LogP contribution in [0.4, 0.5) is 0 Å². The molecule has 0 radical (unpaired) electrons. The first-order valence-corrected chi connectivity index (χ1v) is 7.35. The number of alkyl halides is 1. The molecule has 1 saturated heterocycles. The minimum absolute atomic E-state index is 0.0207. The van der Waals surface area contributed by atoms with Gasteiger partial charge in [0, 0.05) is 37.5 Å². The number of nitrogens with one attached hydrogen (secondary N) is 1. The van der Waals surface area contributed by atoms with Crippen LogP contribution in [-0.2, 0) is 10.7 Å². The lowest BCUT2D eigenvalue weighted by Gasteiger charge is -2.31. The SMILES string of the molecule is CNC(=O)C1CCN(C(=O)c2cccc(CCl)c2)CC1. The Labute approximate surface area is 124 Å². The number of halogens is 1. The molecule has 0 bridgehead atoms. The van der Waals surface area contributed by atoms with Crippen LogP contribution in [0.5, 0.6) is 0 Å². The second kappa shape index (κ2) is 6.75. The maximum absolute atomic E-state index is 12.4. The third-order valence-corrected chi connectivity index (χ3v) is 4.04. The molecule has 1 N–H and O–H groups in total. The van der Waals surface area contributed by atoms with E-state index in [0.29, 0.717) is 24.5 Å². The van der Waals surface area contributed by atoms with Gasteiger partial charge in [-0.2, -0.15) is 0 Å². The van der Waals surface area contributed by atoms with Gasteiger partial charge in [0.05, 0.1) is 0 Å². The molecule has 2 rings (SSSR count). The minimum Gasteiger partial charge on any atom is -0.359 e. The average molecular weight is 295 g/mol. The lowest BCUT2D eigenvalue weighted by Crippen LogP contribution is -2.42. The number of nitrogens with zero attached hydrogens (tertiary/aromatic N) is 1. The molecule has 0 aliphatic carbocycles. The summed E-state index contributed by atoms with van der Waals surface area (Å²) in [4.78, 5) is 25.8. The Kier molecular flexibility index (Phi) is 5.01. The fourth-order valence-corrected chi connectivity index (χ4v) is 2.69. The van der Waals surface area contributed by atoms with Gasteiger partial charge >= 0.3 is 0 Å². The van der Waals surface area contributed by atoms with Gasteiger partial charge in [-0.3, -0.25) is 9.59 Å². The first-order chi connectivity index (χ1) is 9.65. The molecule has 1 aliphatic heterocycles. The minimum atomic E-state index is 0.0207. The number of piperidine rings is 1. The molecular formula is C15H19ClN2O2. The maximum atomic E-state index is 12.4. The highest BCUT2D eigenvalue weighted by atomic mass is 35.5. The van der Waals surface area contributed by atoms with Crippen molar-refractivity contribution >= 4 is 23.4 Å². The Bertz CT molecular complexity index is 496. The molecule has 1 heterocycles. The van der Waals surface area contributed by atoms with Gasteiger partial charge in [0.1, 0.15) is 0 Å². The van der Waals surface area contributed by atoms with Crippen molar-refractivity contribution in [1.29, 1.82) is 0 Å². The lowest BCUT2D eigenvalue weighted by atomic mass is 9.95. The monoisotopic (exact) mass is 294 g/mol. The molecule has 0 unspecified atom stereocenters. The fraction of sp³-hybridized carbons (Fsp3) is 0.467. The highest BCUT2D eigenvalue weighted by molar-refractivity contribution is 6.17. The van der Waals surface area contributed by atoms with Gasteiger partial charge in [0.15, 0.2) is 0 Å². The highest BCUT2D eigenvalue weighted by Crippen LogP contribution is 2.19. The first kappa shape index (κ1) is 14.9. The molecule has 5 heteroatoms. The molecule has 1 aliphatic rings. The van der Waals surface area contributed by atoms with Crippen LogP contribution < -0.4 is 5.32 Å². The summed E-state index contributed by atoms with van der Waals surface area (Å²) in [7, 11) is 1.65. The summed E-state index contributed by atoms with van der Waals surface area (Å²) in [5.74, 6) is 0.520. The van der Waals surface area contributed by atoms with E-state index in [9.17, 15) is 9.59 Å². The van der Waals surface area contributed by atoms with Crippen LogP contribution in [0.15, 0.2) is 24.3 Å². The van der Waals surface area contributed by atoms with E-state index < -0.39 is 0 Å². The van der Waals surface area contributed by atoms with Crippen molar-refractivity contribution < 1.29 is 9.59 Å². The molecule has 1 aromatic rings. The zero-order chi connectivity index (χ0) is 14.5. The van der Waals surface area contributed by atoms with Crippen molar-refractivity contribution in [3.8, 4) is 0 Å². The van der Waals surface area contributed by atoms with Crippen molar-refractivity contribution in [3.05, 3.63) is 35.4 Å². The first-order valence-electron chi connectivity index (χ1n) is 6.81. The summed E-state index contributed by atoms with van der Waals surface area (Å²) in [5, 5.41) is 2.67. The van der Waals surface area contributed by atoms with Crippen molar-refractivity contribution in [2.24, 2.45) is 5.92 Å². The molecule has 4 nitrogen and oxygen atoms in total. The Morgan fingerprint density at radius 2 is 2.05 bits per heavy atom. The van der Waals surface area contributed by atoms with Crippen LogP contribution in [0, 0.1) is 5.92 Å². The van der Waals surface area contributed by atoms with Gasteiger partial charge in [-0.1, -0.05) is 12.1 Å². The number of benzene rings is 1. The number of amides is 2. The third-order valence-electron chi connectivity index (χ3n) is 3.73. The Hall–Kier alpha value is -1.55. The summed E-state index contributed by atoms with van der Waals surface area (Å²) >= 11 is 5.79. The van der Waals surface area contributed by atoms with Crippen LogP contribution >= 0.6 is 11.6 Å². The van der Waals surface area contributed by atoms with Gasteiger partial charge < -0.3 is 10.2 Å². The van der Waals surface area contributed by atoms with Crippen molar-refractivity contribution in [3.63, 3.8) is 0 Å². The largest absolute Gasteiger partial charge is 0.359 e. The van der Waals surface area contributed by atoms with E-state index in [4.69, 9.17) is 11.6 Å². The maximum Gasteiger partial charge on any atom is 0.253 e. The normalized spacial score (nSPS) is 16.0. The second-order valence-electron chi connectivity index (χ2n) is 5.01. The number of hydrogen-bond acceptors (Lipinski definition) is 2. The average Bonchev–Trinajstić information content (AvgIpc) is 2.53. The molecular weight excluding hydrogens is 276 g/mol. The van der Waals surface area contributed by atoms with Gasteiger partial charge in [0.2, 0.25) is 5.91 Å². The molecule has 0 saturated carbocycles. The van der Waals surface area contributed by atoms with E-state index >= 15 is 0 Å². The van der Waals surface area contributed by atoms with Crippen molar-refractivity contribution in [1.82, 2.24) is 10.2 Å². The third kappa shape index (κ3) is 3.31. The number of carbonyl (C=O) groups excluding carboxylic acids is 2. The molecule has 0 aromatic heterocycles. The zero-order valence-corrected chi connectivity index (χ0v) is 12.3. The fourth-order valence-electron chi connectivity index (χ4n) is 2.52. The predicted molar refractivity (Wildman–Crippen MR) is 78.7 cm³/mol. The van der Waals surface area contributed by atoms with Crippen molar-refractivity contribution in [2.75, 3.05) is 20.1 Å². The van der Waals surface area contributed by atoms with Crippen LogP contribution in [0.3, 0.4) is 0 Å². The van der Waals surface area contributed by atoms with Crippen LogP contribution in [0.1, 0.15) is 28.8 Å². The molecule has 20 heavy (non-hydrogen) atoms. The molecule has 1 aromatic carbocycles. The van der Waals surface area contributed by atoms with Gasteiger partial charge in [0.25, 0.3) is 5.91 Å². The van der Waals surface area contributed by atoms with Gasteiger partial charge in [-0.05, 0) is 30.5 Å². The molecule has 108 valence electrons. The van der Waals surface area contributed by atoms with E-state index in [1.807, 2.05) is 29.2 Å². The number of rotatable bonds is 3. The smallest absolute Gasteiger partial charge is 0.253 e. The Balaban J connectivity index is 1.99. The number of carbonyl (C=O) groups is 2. The highest BCUT2D eigenvalue weighted by Gasteiger charge is 2.27. The van der Waals surface area contributed by atoms with E-state index in [1.165, 1.54) is 0 Å². The second-order valence-corrected chi connectivity index (χ2v) is 5.28. The topological polar surface area (TPSA) is 49.4 Å². The van der Waals surface area contributed by atoms with E-state index in [-0.39, 0.29) is 17.7 Å². The lowest BCUT2D eigenvalue weighted by molar-refractivity contribution is -0.125. The van der Waals surface area contributed by atoms with Gasteiger partial charge in [-0.15, -0.1) is 11.6 Å². The Morgan fingerprint density at radius 1 is 1.35 bits per heavy atom.